The number of hydrogen-bond acceptors (Lipinski definition) is 4. The van der Waals surface area contributed by atoms with Crippen molar-refractivity contribution in [2.75, 3.05) is 0 Å². The summed E-state index contributed by atoms with van der Waals surface area (Å²) in [7, 11) is 0. The largest absolute Gasteiger partial charge is 0.439 e. The first kappa shape index (κ1) is 20.0. The van der Waals surface area contributed by atoms with Gasteiger partial charge < -0.3 is 14.6 Å². The van der Waals surface area contributed by atoms with Crippen LogP contribution in [0.2, 0.25) is 0 Å². The Kier molecular flexibility index (Phi) is 5.71. The van der Waals surface area contributed by atoms with Crippen molar-refractivity contribution in [3.63, 3.8) is 0 Å². The molecular formula is C20H26INO3. The number of nitrogens with two attached hydrogens (primary N) is 1. The second kappa shape index (κ2) is 7.13. The van der Waals surface area contributed by atoms with Crippen LogP contribution in [-0.4, -0.2) is 11.2 Å². The molecule has 0 aliphatic carbocycles. The van der Waals surface area contributed by atoms with Gasteiger partial charge in [0, 0.05) is 3.42 Å². The van der Waals surface area contributed by atoms with E-state index in [1.807, 2.05) is 24.3 Å². The summed E-state index contributed by atoms with van der Waals surface area (Å²) >= 11 is 2.37. The number of hydrogen-bond donors (Lipinski definition) is 2. The average molecular weight is 455 g/mol. The van der Waals surface area contributed by atoms with Gasteiger partial charge in [0.15, 0.2) is 0 Å². The monoisotopic (exact) mass is 455 g/mol. The number of alkyl halides is 1. The minimum Gasteiger partial charge on any atom is -0.417 e. The van der Waals surface area contributed by atoms with Crippen LogP contribution in [0.4, 0.5) is 0 Å². The maximum absolute atomic E-state index is 10.2. The zero-order chi connectivity index (χ0) is 18.9. The normalized spacial score (nSPS) is 14.7. The minimum absolute atomic E-state index is 0.0145. The van der Waals surface area contributed by atoms with Crippen molar-refractivity contribution in [1.82, 2.24) is 0 Å². The molecular weight excluding hydrogens is 429 g/mol. The van der Waals surface area contributed by atoms with E-state index in [4.69, 9.17) is 15.2 Å². The molecule has 2 aromatic rings. The van der Waals surface area contributed by atoms with Crippen molar-refractivity contribution >= 4 is 22.6 Å². The molecule has 0 spiro atoms. The van der Waals surface area contributed by atoms with E-state index in [0.29, 0.717) is 11.5 Å². The average Bonchev–Trinajstić information content (AvgIpc) is 2.45. The highest BCUT2D eigenvalue weighted by Crippen LogP contribution is 2.32. The highest BCUT2D eigenvalue weighted by molar-refractivity contribution is 14.1. The van der Waals surface area contributed by atoms with Gasteiger partial charge in [0.1, 0.15) is 11.5 Å². The van der Waals surface area contributed by atoms with Crippen molar-refractivity contribution in [3.05, 3.63) is 59.7 Å². The third kappa shape index (κ3) is 5.87. The van der Waals surface area contributed by atoms with Gasteiger partial charge >= 0.3 is 6.10 Å². The highest BCUT2D eigenvalue weighted by Gasteiger charge is 2.27. The van der Waals surface area contributed by atoms with Crippen molar-refractivity contribution in [2.24, 2.45) is 5.73 Å². The first-order valence-corrected chi connectivity index (χ1v) is 9.24. The topological polar surface area (TPSA) is 64.7 Å². The fraction of sp³-hybridized carbons (Fsp3) is 0.400. The van der Waals surface area contributed by atoms with Crippen LogP contribution < -0.4 is 15.2 Å². The quantitative estimate of drug-likeness (QED) is 0.391. The maximum atomic E-state index is 10.2. The lowest BCUT2D eigenvalue weighted by Gasteiger charge is -2.25. The van der Waals surface area contributed by atoms with Crippen LogP contribution in [0.5, 0.6) is 11.5 Å². The zero-order valence-corrected chi connectivity index (χ0v) is 17.5. The van der Waals surface area contributed by atoms with E-state index in [0.717, 1.165) is 5.56 Å². The molecule has 0 aliphatic rings. The summed E-state index contributed by atoms with van der Waals surface area (Å²) in [6.45, 7) is 10.6. The van der Waals surface area contributed by atoms with Crippen LogP contribution in [0.25, 0.3) is 0 Å². The van der Waals surface area contributed by atoms with Gasteiger partial charge in [-0.05, 0) is 54.7 Å². The molecule has 0 aliphatic heterocycles. The molecule has 2 rings (SSSR count). The molecule has 0 radical (unpaired) electrons. The van der Waals surface area contributed by atoms with Gasteiger partial charge in [-0.2, -0.15) is 0 Å². The summed E-state index contributed by atoms with van der Waals surface area (Å²) in [4.78, 5) is 0. The van der Waals surface area contributed by atoms with E-state index >= 15 is 0 Å². The Labute approximate surface area is 163 Å². The second-order valence-electron chi connectivity index (χ2n) is 7.61. The third-order valence-electron chi connectivity index (χ3n) is 3.79. The van der Waals surface area contributed by atoms with Gasteiger partial charge in [0.2, 0.25) is 0 Å². The van der Waals surface area contributed by atoms with Crippen LogP contribution in [0, 0.1) is 0 Å². The first-order chi connectivity index (χ1) is 11.4. The van der Waals surface area contributed by atoms with Gasteiger partial charge in [0.05, 0.1) is 0 Å². The Balaban J connectivity index is 2.06. The van der Waals surface area contributed by atoms with Crippen molar-refractivity contribution in [2.45, 2.75) is 49.6 Å². The maximum Gasteiger partial charge on any atom is 0.439 e. The molecule has 3 N–H and O–H groups in total. The SMILES string of the molecule is CC(C)(C)c1ccc(OC(N)(O)Oc2ccc(C(C)(C)I)cc2)cc1. The number of ether oxygens (including phenoxy) is 2. The number of benzene rings is 2. The molecule has 0 fully saturated rings. The van der Waals surface area contributed by atoms with E-state index in [1.54, 1.807) is 24.3 Å². The number of rotatable bonds is 5. The fourth-order valence-corrected chi connectivity index (χ4v) is 2.66. The van der Waals surface area contributed by atoms with Crippen LogP contribution in [0.3, 0.4) is 0 Å². The Bertz CT molecular complexity index is 634. The summed E-state index contributed by atoms with van der Waals surface area (Å²) in [5.74, 6) is 0.865. The third-order valence-corrected chi connectivity index (χ3v) is 4.41. The van der Waals surface area contributed by atoms with Crippen LogP contribution in [0.15, 0.2) is 48.5 Å². The Morgan fingerprint density at radius 1 is 0.760 bits per heavy atom. The van der Waals surface area contributed by atoms with Crippen molar-refractivity contribution in [1.29, 1.82) is 0 Å². The summed E-state index contributed by atoms with van der Waals surface area (Å²) in [6.07, 6.45) is -2.25. The molecule has 1 unspecified atom stereocenters. The zero-order valence-electron chi connectivity index (χ0n) is 15.3. The molecule has 0 aromatic heterocycles. The van der Waals surface area contributed by atoms with Gasteiger partial charge in [-0.25, -0.2) is 5.73 Å². The molecule has 0 saturated carbocycles. The standard InChI is InChI=1S/C20H26INO3/c1-18(2,3)14-6-10-16(11-7-14)24-20(22,23)25-17-12-8-15(9-13-17)19(4,5)21/h6-13,23H,22H2,1-5H3. The van der Waals surface area contributed by atoms with Crippen molar-refractivity contribution < 1.29 is 14.6 Å². The molecule has 25 heavy (non-hydrogen) atoms. The highest BCUT2D eigenvalue weighted by atomic mass is 127. The molecule has 2 aromatic carbocycles. The number of aliphatic hydroxyl groups is 1. The van der Waals surface area contributed by atoms with Crippen molar-refractivity contribution in [3.8, 4) is 11.5 Å². The summed E-state index contributed by atoms with van der Waals surface area (Å²) in [6, 6.07) is 14.8. The molecule has 136 valence electrons. The first-order valence-electron chi connectivity index (χ1n) is 8.16. The van der Waals surface area contributed by atoms with Crippen LogP contribution in [-0.2, 0) is 8.84 Å². The molecule has 4 nitrogen and oxygen atoms in total. The van der Waals surface area contributed by atoms with Crippen LogP contribution >= 0.6 is 22.6 Å². The lowest BCUT2D eigenvalue weighted by molar-refractivity contribution is -0.267. The van der Waals surface area contributed by atoms with E-state index in [-0.39, 0.29) is 8.84 Å². The van der Waals surface area contributed by atoms with Gasteiger partial charge in [-0.15, -0.1) is 0 Å². The molecule has 5 heteroatoms. The molecule has 0 amide bonds. The fourth-order valence-electron chi connectivity index (χ4n) is 2.30. The van der Waals surface area contributed by atoms with Gasteiger partial charge in [0.25, 0.3) is 0 Å². The Hall–Kier alpha value is -1.31. The lowest BCUT2D eigenvalue weighted by atomic mass is 9.87. The Morgan fingerprint density at radius 3 is 1.44 bits per heavy atom. The predicted octanol–water partition coefficient (Wildman–Crippen LogP) is 4.67. The minimum atomic E-state index is -2.25. The van der Waals surface area contributed by atoms with Crippen LogP contribution in [0.1, 0.15) is 45.7 Å². The van der Waals surface area contributed by atoms with E-state index < -0.39 is 6.10 Å². The van der Waals surface area contributed by atoms with E-state index in [9.17, 15) is 5.11 Å². The summed E-state index contributed by atoms with van der Waals surface area (Å²) in [5, 5.41) is 10.2. The second-order valence-corrected chi connectivity index (χ2v) is 10.3. The predicted molar refractivity (Wildman–Crippen MR) is 109 cm³/mol. The molecule has 0 saturated heterocycles. The summed E-state index contributed by atoms with van der Waals surface area (Å²) < 4.78 is 10.8. The van der Waals surface area contributed by atoms with Gasteiger partial charge in [-0.1, -0.05) is 67.6 Å². The lowest BCUT2D eigenvalue weighted by Crippen LogP contribution is -2.51. The summed E-state index contributed by atoms with van der Waals surface area (Å²) in [5.41, 5.74) is 8.10. The molecule has 1 atom stereocenters. The Morgan fingerprint density at radius 2 is 1.12 bits per heavy atom. The molecule has 0 heterocycles. The van der Waals surface area contributed by atoms with E-state index in [2.05, 4.69) is 57.2 Å². The molecule has 0 bridgehead atoms. The number of halogens is 1. The smallest absolute Gasteiger partial charge is 0.417 e. The van der Waals surface area contributed by atoms with E-state index in [1.165, 1.54) is 5.56 Å². The van der Waals surface area contributed by atoms with Gasteiger partial charge in [-0.3, -0.25) is 0 Å².